The summed E-state index contributed by atoms with van der Waals surface area (Å²) in [4.78, 5) is 9.89. The van der Waals surface area contributed by atoms with Gasteiger partial charge in [0.15, 0.2) is 0 Å². The number of unbranched alkanes of at least 4 members (excludes halogenated alkanes) is 2. The maximum atomic E-state index is 10.4. The van der Waals surface area contributed by atoms with E-state index in [1.807, 2.05) is 0 Å². The predicted molar refractivity (Wildman–Crippen MR) is 117 cm³/mol. The van der Waals surface area contributed by atoms with E-state index in [4.69, 9.17) is 14.2 Å². The third-order valence-corrected chi connectivity index (χ3v) is 4.97. The van der Waals surface area contributed by atoms with Gasteiger partial charge in [-0.25, -0.2) is 8.42 Å². The molecule has 0 radical (unpaired) electrons. The van der Waals surface area contributed by atoms with Crippen LogP contribution in [0.4, 0.5) is 0 Å². The van der Waals surface area contributed by atoms with E-state index in [0.29, 0.717) is 56.3 Å². The molecule has 0 N–H and O–H groups in total. The van der Waals surface area contributed by atoms with Crippen molar-refractivity contribution in [3.8, 4) is 0 Å². The van der Waals surface area contributed by atoms with Gasteiger partial charge in [-0.1, -0.05) is 33.1 Å². The van der Waals surface area contributed by atoms with E-state index in [1.54, 1.807) is 21.1 Å². The van der Waals surface area contributed by atoms with E-state index in [0.717, 1.165) is 13.0 Å². The first-order chi connectivity index (χ1) is 14.4. The number of rotatable bonds is 19. The molecule has 0 bridgehead atoms. The summed E-state index contributed by atoms with van der Waals surface area (Å²) in [7, 11) is 1.31. The summed E-state index contributed by atoms with van der Waals surface area (Å²) in [5.74, 6) is -0.671. The zero-order valence-corrected chi connectivity index (χ0v) is 23.9. The zero-order valence-electron chi connectivity index (χ0n) is 21.1. The molecule has 0 saturated carbocycles. The third-order valence-electron chi connectivity index (χ3n) is 4.18. The van der Waals surface area contributed by atoms with E-state index in [2.05, 4.69) is 13.8 Å². The van der Waals surface area contributed by atoms with E-state index < -0.39 is 16.1 Å². The Labute approximate surface area is 217 Å². The predicted octanol–water partition coefficient (Wildman–Crippen LogP) is -1.98. The first-order valence-corrected chi connectivity index (χ1v) is 12.7. The Morgan fingerprint density at radius 2 is 1.44 bits per heavy atom. The number of hydrogen-bond donors (Lipinski definition) is 0. The molecule has 0 amide bonds. The van der Waals surface area contributed by atoms with Crippen molar-refractivity contribution in [2.45, 2.75) is 52.4 Å². The number of nitrogens with zero attached hydrogens (tertiary/aromatic N) is 1. The van der Waals surface area contributed by atoms with Gasteiger partial charge in [0.1, 0.15) is 6.54 Å². The molecule has 0 spiro atoms. The minimum atomic E-state index is -4.09. The van der Waals surface area contributed by atoms with E-state index in [1.165, 1.54) is 19.3 Å². The molecule has 0 aliphatic heterocycles. The van der Waals surface area contributed by atoms with Gasteiger partial charge < -0.3 is 33.1 Å². The van der Waals surface area contributed by atoms with Crippen molar-refractivity contribution in [3.63, 3.8) is 0 Å². The molecule has 0 aromatic heterocycles. The summed E-state index contributed by atoms with van der Waals surface area (Å²) in [5, 5.41) is 9.89. The molecule has 0 aromatic carbocycles. The van der Waals surface area contributed by atoms with Crippen LogP contribution in [-0.4, -0.2) is 96.5 Å². The number of ether oxygens (including phenoxy) is 3. The van der Waals surface area contributed by atoms with Crippen LogP contribution in [0.15, 0.2) is 0 Å². The molecule has 32 heavy (non-hydrogen) atoms. The maximum Gasteiger partial charge on any atom is 1.00 e. The van der Waals surface area contributed by atoms with Crippen molar-refractivity contribution >= 4 is 16.1 Å². The van der Waals surface area contributed by atoms with Crippen LogP contribution < -0.4 is 34.7 Å². The molecule has 0 aliphatic rings. The average molecular weight is 494 g/mol. The van der Waals surface area contributed by atoms with Crippen LogP contribution in [0.2, 0.25) is 0 Å². The topological polar surface area (TPSA) is 125 Å². The average Bonchev–Trinajstić information content (AvgIpc) is 2.62. The van der Waals surface area contributed by atoms with Gasteiger partial charge in [-0.2, -0.15) is 0 Å². The number of hydrogen-bond acceptors (Lipinski definition) is 8. The fraction of sp³-hybridized carbons (Fsp3) is 0.952. The summed E-state index contributed by atoms with van der Waals surface area (Å²) in [5.41, 5.74) is 0. The fourth-order valence-electron chi connectivity index (χ4n) is 2.46. The summed E-state index contributed by atoms with van der Waals surface area (Å²) >= 11 is 0. The van der Waals surface area contributed by atoms with Crippen LogP contribution in [-0.2, 0) is 29.1 Å². The van der Waals surface area contributed by atoms with Gasteiger partial charge in [-0.05, 0) is 25.2 Å². The third kappa shape index (κ3) is 34.8. The van der Waals surface area contributed by atoms with E-state index >= 15 is 0 Å². The molecular formula is C21H44NNaO8S. The van der Waals surface area contributed by atoms with Gasteiger partial charge in [-0.3, -0.25) is 0 Å². The Kier molecular flexibility index (Phi) is 26.4. The minimum absolute atomic E-state index is 0. The second kappa shape index (κ2) is 23.0. The molecule has 0 fully saturated rings. The molecule has 0 heterocycles. The molecule has 0 saturated heterocycles. The van der Waals surface area contributed by atoms with Crippen molar-refractivity contribution in [1.29, 1.82) is 0 Å². The Morgan fingerprint density at radius 1 is 0.906 bits per heavy atom. The zero-order chi connectivity index (χ0) is 24.2. The molecule has 0 aromatic rings. The monoisotopic (exact) mass is 493 g/mol. The van der Waals surface area contributed by atoms with Crippen molar-refractivity contribution in [1.82, 2.24) is 0 Å². The number of carboxylic acid groups (broad SMARTS) is 1. The van der Waals surface area contributed by atoms with Crippen LogP contribution >= 0.6 is 0 Å². The molecule has 0 aliphatic carbocycles. The van der Waals surface area contributed by atoms with Gasteiger partial charge in [0.25, 0.3) is 0 Å². The van der Waals surface area contributed by atoms with E-state index in [-0.39, 0.29) is 41.9 Å². The van der Waals surface area contributed by atoms with Gasteiger partial charge >= 0.3 is 29.6 Å². The molecule has 1 atom stereocenters. The fourth-order valence-corrected chi connectivity index (χ4v) is 3.02. The first-order valence-electron chi connectivity index (χ1n) is 11.1. The van der Waals surface area contributed by atoms with E-state index in [9.17, 15) is 22.9 Å². The smallest absolute Gasteiger partial charge is 0.748 e. The van der Waals surface area contributed by atoms with Crippen LogP contribution in [0.5, 0.6) is 0 Å². The van der Waals surface area contributed by atoms with Gasteiger partial charge in [0.05, 0.1) is 63.7 Å². The number of carbonyl (C=O) groups is 1. The largest absolute Gasteiger partial charge is 1.00 e. The molecule has 9 nitrogen and oxygen atoms in total. The second-order valence-corrected chi connectivity index (χ2v) is 10.0. The molecule has 11 heteroatoms. The Hall–Kier alpha value is 0.220. The number of aliphatic carboxylic acids is 1. The van der Waals surface area contributed by atoms with Crippen LogP contribution in [0.3, 0.4) is 0 Å². The Bertz CT molecular complexity index is 526. The normalized spacial score (nSPS) is 12.4. The number of carbonyl (C=O) groups excluding carboxylic acids is 1. The van der Waals surface area contributed by atoms with Crippen LogP contribution in [0.1, 0.15) is 52.4 Å². The standard InChI is InChI=1S/C16H34O6S.C5H11NO2.Na/c1-3-5-8-16(4-2)15-22-13-12-21-11-10-20-9-6-7-14-23(17,18)19;1-6(2,3)4-5(7)8;/h16H,3-15H2,1-2H3,(H,17,18,19);4H2,1-3H3;/q;;+1/p-1. The van der Waals surface area contributed by atoms with Gasteiger partial charge in [-0.15, -0.1) is 0 Å². The molecule has 188 valence electrons. The number of quaternary nitrogens is 1. The van der Waals surface area contributed by atoms with Gasteiger partial charge in [0.2, 0.25) is 0 Å². The summed E-state index contributed by atoms with van der Waals surface area (Å²) < 4.78 is 47.9. The number of carboxylic acids is 1. The van der Waals surface area contributed by atoms with Crippen molar-refractivity contribution in [2.75, 3.05) is 73.1 Å². The second-order valence-electron chi connectivity index (χ2n) is 8.51. The van der Waals surface area contributed by atoms with Gasteiger partial charge in [0, 0.05) is 19.0 Å². The minimum Gasteiger partial charge on any atom is -0.748 e. The summed E-state index contributed by atoms with van der Waals surface area (Å²) in [6, 6.07) is 0. The molecular weight excluding hydrogens is 449 g/mol. The van der Waals surface area contributed by atoms with Crippen LogP contribution in [0.25, 0.3) is 0 Å². The Morgan fingerprint density at radius 3 is 1.84 bits per heavy atom. The number of likely N-dealkylation sites (N-methyl/N-ethyl adjacent to an activating group) is 1. The molecule has 1 unspecified atom stereocenters. The Balaban J connectivity index is -0.000000793. The summed E-state index contributed by atoms with van der Waals surface area (Å²) in [6.45, 7) is 7.85. The quantitative estimate of drug-likeness (QED) is 0.0878. The SMILES string of the molecule is CCCCC(CC)COCCOCCOCCCCS(=O)(=O)[O-].C[N+](C)(C)CC(=O)[O-].[Na+]. The van der Waals surface area contributed by atoms with Crippen LogP contribution in [0, 0.1) is 5.92 Å². The maximum absolute atomic E-state index is 10.4. The van der Waals surface area contributed by atoms with Crippen molar-refractivity contribution < 1.29 is 71.1 Å². The summed E-state index contributed by atoms with van der Waals surface area (Å²) in [6.07, 6.45) is 5.79. The van der Waals surface area contributed by atoms with Crippen molar-refractivity contribution in [3.05, 3.63) is 0 Å². The molecule has 0 rings (SSSR count). The first kappa shape index (κ1) is 36.8. The van der Waals surface area contributed by atoms with Crippen molar-refractivity contribution in [2.24, 2.45) is 5.92 Å².